The van der Waals surface area contributed by atoms with Crippen LogP contribution in [0.4, 0.5) is 0 Å². The van der Waals surface area contributed by atoms with Crippen molar-refractivity contribution in [2.75, 3.05) is 41.3 Å². The van der Waals surface area contributed by atoms with Gasteiger partial charge in [-0.25, -0.2) is 0 Å². The fraction of sp³-hybridized carbons (Fsp3) is 0.387. The Bertz CT molecular complexity index is 1100. The van der Waals surface area contributed by atoms with E-state index in [-0.39, 0.29) is 5.91 Å². The van der Waals surface area contributed by atoms with Crippen molar-refractivity contribution >= 4 is 18.5 Å². The Kier molecular flexibility index (Phi) is 12.5. The Hall–Kier alpha value is -3.71. The molecule has 1 unspecified atom stereocenters. The lowest BCUT2D eigenvalue weighted by molar-refractivity contribution is -0.108. The van der Waals surface area contributed by atoms with E-state index in [1.165, 1.54) is 11.1 Å². The summed E-state index contributed by atoms with van der Waals surface area (Å²) in [5, 5.41) is 5.65. The van der Waals surface area contributed by atoms with Gasteiger partial charge < -0.3 is 15.5 Å². The molecule has 1 aliphatic heterocycles. The Morgan fingerprint density at radius 2 is 1.84 bits per heavy atom. The first-order valence-electron chi connectivity index (χ1n) is 13.0. The number of piperidine rings is 1. The normalized spacial score (nSPS) is 17.1. The Morgan fingerprint density at radius 1 is 1.18 bits per heavy atom. The van der Waals surface area contributed by atoms with Crippen molar-refractivity contribution in [2.45, 2.75) is 38.6 Å². The number of aliphatic imine (C=N–C) groups is 1. The van der Waals surface area contributed by atoms with E-state index in [0.29, 0.717) is 18.4 Å². The van der Waals surface area contributed by atoms with E-state index in [1.807, 2.05) is 31.3 Å². The van der Waals surface area contributed by atoms with Gasteiger partial charge in [-0.3, -0.25) is 19.5 Å². The molecule has 2 amide bonds. The molecule has 38 heavy (non-hydrogen) atoms. The quantitative estimate of drug-likeness (QED) is 0.244. The monoisotopic (exact) mass is 517 g/mol. The van der Waals surface area contributed by atoms with Crippen LogP contribution in [0.5, 0.6) is 0 Å². The zero-order chi connectivity index (χ0) is 28.1. The number of benzene rings is 1. The number of rotatable bonds is 12. The highest BCUT2D eigenvalue weighted by Gasteiger charge is 2.24. The van der Waals surface area contributed by atoms with Crippen molar-refractivity contribution in [1.82, 2.24) is 20.4 Å². The maximum absolute atomic E-state index is 12.2. The molecule has 2 N–H and O–H groups in total. The molecule has 2 rings (SSSR count). The maximum atomic E-state index is 12.2. The maximum Gasteiger partial charge on any atom is 0.253 e. The minimum Gasteiger partial charge on any atom is -0.388 e. The molecule has 1 aromatic carbocycles. The number of hydrogen-bond donors (Lipinski definition) is 2. The van der Waals surface area contributed by atoms with Crippen LogP contribution in [0.3, 0.4) is 0 Å². The van der Waals surface area contributed by atoms with Crippen LogP contribution in [0.1, 0.15) is 48.5 Å². The van der Waals surface area contributed by atoms with E-state index < -0.39 is 0 Å². The van der Waals surface area contributed by atoms with Crippen LogP contribution < -0.4 is 10.6 Å². The lowest BCUT2D eigenvalue weighted by Crippen LogP contribution is -2.40. The van der Waals surface area contributed by atoms with Crippen molar-refractivity contribution in [3.8, 4) is 0 Å². The molecule has 0 radical (unpaired) electrons. The van der Waals surface area contributed by atoms with Gasteiger partial charge in [0.05, 0.1) is 0 Å². The minimum absolute atomic E-state index is 0.0352. The SMILES string of the molecule is C=C(/C=C(\C)C(C)N1CCC(c2ccc(C(=O)N(C)C)cc2)CC1)C(=C\C=NC)/C=C(\C=C/NC=O)NC. The number of nitrogens with one attached hydrogen (secondary N) is 2. The van der Waals surface area contributed by atoms with Gasteiger partial charge in [-0.15, -0.1) is 0 Å². The summed E-state index contributed by atoms with van der Waals surface area (Å²) in [6, 6.07) is 8.41. The zero-order valence-electron chi connectivity index (χ0n) is 23.7. The van der Waals surface area contributed by atoms with Crippen LogP contribution in [-0.2, 0) is 4.79 Å². The van der Waals surface area contributed by atoms with Gasteiger partial charge in [0.2, 0.25) is 6.41 Å². The average Bonchev–Trinajstić information content (AvgIpc) is 2.93. The largest absolute Gasteiger partial charge is 0.388 e. The molecule has 0 aliphatic carbocycles. The summed E-state index contributed by atoms with van der Waals surface area (Å²) in [6.07, 6.45) is 14.0. The molecule has 0 bridgehead atoms. The van der Waals surface area contributed by atoms with Crippen molar-refractivity contribution < 1.29 is 9.59 Å². The second kappa shape index (κ2) is 15.5. The fourth-order valence-corrected chi connectivity index (χ4v) is 4.49. The fourth-order valence-electron chi connectivity index (χ4n) is 4.49. The molecule has 1 aliphatic rings. The lowest BCUT2D eigenvalue weighted by Gasteiger charge is -2.37. The Balaban J connectivity index is 2.07. The van der Waals surface area contributed by atoms with Gasteiger partial charge in [-0.05, 0) is 92.8 Å². The third kappa shape index (κ3) is 8.99. The predicted molar refractivity (Wildman–Crippen MR) is 158 cm³/mol. The molecule has 7 heteroatoms. The summed E-state index contributed by atoms with van der Waals surface area (Å²) in [5.74, 6) is 0.545. The average molecular weight is 518 g/mol. The first-order valence-corrected chi connectivity index (χ1v) is 13.0. The molecule has 1 fully saturated rings. The number of nitrogens with zero attached hydrogens (tertiary/aromatic N) is 3. The van der Waals surface area contributed by atoms with E-state index in [0.717, 1.165) is 48.3 Å². The Morgan fingerprint density at radius 3 is 2.39 bits per heavy atom. The molecule has 0 saturated carbocycles. The van der Waals surface area contributed by atoms with Crippen LogP contribution >= 0.6 is 0 Å². The van der Waals surface area contributed by atoms with Crippen molar-refractivity contribution in [1.29, 1.82) is 0 Å². The molecule has 1 heterocycles. The second-order valence-corrected chi connectivity index (χ2v) is 9.72. The number of allylic oxidation sites excluding steroid dienone is 6. The van der Waals surface area contributed by atoms with Crippen molar-refractivity contribution in [3.63, 3.8) is 0 Å². The van der Waals surface area contributed by atoms with Crippen molar-refractivity contribution in [2.24, 2.45) is 4.99 Å². The molecule has 0 spiro atoms. The first-order chi connectivity index (χ1) is 18.2. The summed E-state index contributed by atoms with van der Waals surface area (Å²) in [6.45, 7) is 10.8. The van der Waals surface area contributed by atoms with E-state index in [2.05, 4.69) is 59.2 Å². The van der Waals surface area contributed by atoms with E-state index in [1.54, 1.807) is 44.5 Å². The topological polar surface area (TPSA) is 77.0 Å². The molecule has 1 saturated heterocycles. The third-order valence-corrected chi connectivity index (χ3v) is 6.97. The number of carbonyl (C=O) groups is 2. The van der Waals surface area contributed by atoms with Gasteiger partial charge in [-0.2, -0.15) is 0 Å². The minimum atomic E-state index is 0.0352. The van der Waals surface area contributed by atoms with Gasteiger partial charge in [0.25, 0.3) is 5.91 Å². The van der Waals surface area contributed by atoms with E-state index in [9.17, 15) is 9.59 Å². The summed E-state index contributed by atoms with van der Waals surface area (Å²) in [4.78, 5) is 30.9. The highest BCUT2D eigenvalue weighted by atomic mass is 16.2. The van der Waals surface area contributed by atoms with Crippen LogP contribution in [0.25, 0.3) is 0 Å². The van der Waals surface area contributed by atoms with Crippen LogP contribution in [0, 0.1) is 0 Å². The van der Waals surface area contributed by atoms with Gasteiger partial charge in [0, 0.05) is 57.9 Å². The highest BCUT2D eigenvalue weighted by molar-refractivity contribution is 5.93. The number of likely N-dealkylation sites (tertiary alicyclic amines) is 1. The molecular formula is C31H43N5O2. The van der Waals surface area contributed by atoms with E-state index in [4.69, 9.17) is 0 Å². The zero-order valence-corrected chi connectivity index (χ0v) is 23.7. The summed E-state index contributed by atoms with van der Waals surface area (Å²) in [7, 11) is 7.12. The second-order valence-electron chi connectivity index (χ2n) is 9.72. The van der Waals surface area contributed by atoms with Gasteiger partial charge in [0.15, 0.2) is 0 Å². The molecule has 1 atom stereocenters. The summed E-state index contributed by atoms with van der Waals surface area (Å²) in [5.41, 5.74) is 5.94. The number of amides is 2. The van der Waals surface area contributed by atoms with Crippen LogP contribution in [0.15, 0.2) is 88.8 Å². The van der Waals surface area contributed by atoms with Crippen LogP contribution in [-0.4, -0.2) is 75.7 Å². The summed E-state index contributed by atoms with van der Waals surface area (Å²) < 4.78 is 0. The smallest absolute Gasteiger partial charge is 0.253 e. The van der Waals surface area contributed by atoms with Crippen LogP contribution in [0.2, 0.25) is 0 Å². The number of hydrogen-bond acceptors (Lipinski definition) is 5. The highest BCUT2D eigenvalue weighted by Crippen LogP contribution is 2.30. The molecule has 1 aromatic rings. The number of carbonyl (C=O) groups excluding carboxylic acids is 2. The summed E-state index contributed by atoms with van der Waals surface area (Å²) >= 11 is 0. The number of likely N-dealkylation sites (N-methyl/N-ethyl adjacent to an activating group) is 1. The standard InChI is InChI=1S/C31H43N5O2/c1-23(20-24(2)29(12-16-32-4)21-30(33-5)13-17-34-22-37)25(3)36-18-14-27(15-19-36)26-8-10-28(11-9-26)31(38)35(6)7/h8-13,16-17,20-22,25,27,33H,2,14-15,18-19H2,1,3-7H3,(H,34,37)/b17-13-,23-20+,29-12-,30-21+,32-16?. The molecule has 7 nitrogen and oxygen atoms in total. The van der Waals surface area contributed by atoms with Gasteiger partial charge >= 0.3 is 0 Å². The third-order valence-electron chi connectivity index (χ3n) is 6.97. The molecule has 204 valence electrons. The van der Waals surface area contributed by atoms with Gasteiger partial charge in [-0.1, -0.05) is 30.4 Å². The van der Waals surface area contributed by atoms with Crippen molar-refractivity contribution in [3.05, 3.63) is 94.9 Å². The molecular weight excluding hydrogens is 474 g/mol. The lowest BCUT2D eigenvalue weighted by atomic mass is 9.88. The Labute approximate surface area is 228 Å². The van der Waals surface area contributed by atoms with Gasteiger partial charge in [0.1, 0.15) is 0 Å². The molecule has 0 aromatic heterocycles. The predicted octanol–water partition coefficient (Wildman–Crippen LogP) is 4.45. The first kappa shape index (κ1) is 30.5. The van der Waals surface area contributed by atoms with E-state index >= 15 is 0 Å².